The highest BCUT2D eigenvalue weighted by Gasteiger charge is 2.70. The van der Waals surface area contributed by atoms with Crippen molar-refractivity contribution in [2.24, 2.45) is 0 Å². The quantitative estimate of drug-likeness (QED) is 0.558. The average molecular weight is 484 g/mol. The molecule has 2 spiro atoms. The molecule has 3 fully saturated rings. The third kappa shape index (κ3) is 3.26. The Labute approximate surface area is 202 Å². The number of benzene rings is 1. The minimum atomic E-state index is -0.907. The number of carbonyl (C=O) groups excluding carboxylic acids is 2. The highest BCUT2D eigenvalue weighted by Crippen LogP contribution is 2.60. The number of amides is 2. The van der Waals surface area contributed by atoms with E-state index in [1.165, 1.54) is 4.90 Å². The fourth-order valence-corrected chi connectivity index (χ4v) is 6.85. The first-order valence-corrected chi connectivity index (χ1v) is 12.5. The van der Waals surface area contributed by atoms with Gasteiger partial charge >= 0.3 is 0 Å². The molecule has 2 amide bonds. The number of nitrogens with one attached hydrogen (secondary N) is 2. The van der Waals surface area contributed by atoms with Crippen LogP contribution >= 0.6 is 0 Å². The second-order valence-corrected chi connectivity index (χ2v) is 10.4. The summed E-state index contributed by atoms with van der Waals surface area (Å²) in [6.07, 6.45) is 6.09. The fourth-order valence-electron chi connectivity index (χ4n) is 6.85. The van der Waals surface area contributed by atoms with Gasteiger partial charge in [-0.15, -0.1) is 10.2 Å². The maximum Gasteiger partial charge on any atom is 0.241 e. The van der Waals surface area contributed by atoms with E-state index in [0.29, 0.717) is 18.0 Å². The SMILES string of the molecule is O=C(NC1CCC(c2nnc(CO)o2)CC1)C1CC2(C(=O)N(CF)c3ccccc32)C2(CCC2)N1. The number of para-hydroxylation sites is 1. The van der Waals surface area contributed by atoms with E-state index in [0.717, 1.165) is 50.5 Å². The molecule has 35 heavy (non-hydrogen) atoms. The maximum absolute atomic E-state index is 14.0. The van der Waals surface area contributed by atoms with Crippen LogP contribution in [0.3, 0.4) is 0 Å². The number of fused-ring (bicyclic) bond motifs is 3. The van der Waals surface area contributed by atoms with Crippen LogP contribution in [0.25, 0.3) is 0 Å². The van der Waals surface area contributed by atoms with Gasteiger partial charge in [0.05, 0.1) is 17.1 Å². The van der Waals surface area contributed by atoms with Crippen LogP contribution in [0, 0.1) is 0 Å². The predicted molar refractivity (Wildman–Crippen MR) is 123 cm³/mol. The van der Waals surface area contributed by atoms with Gasteiger partial charge in [-0.3, -0.25) is 19.8 Å². The standard InChI is InChI=1S/C25H30FN5O4/c26-14-31-19-5-2-1-4-17(19)25(23(31)34)12-18(28-24(25)10-3-11-24)21(33)27-16-8-6-15(7-9-16)22-30-29-20(13-32)35-22/h1-2,4-5,15-16,18,28,32H,3,6-14H2,(H,27,33). The molecule has 10 heteroatoms. The number of aromatic nitrogens is 2. The van der Waals surface area contributed by atoms with Crippen molar-refractivity contribution < 1.29 is 23.5 Å². The monoisotopic (exact) mass is 483 g/mol. The molecule has 2 aliphatic carbocycles. The molecule has 1 saturated heterocycles. The van der Waals surface area contributed by atoms with E-state index in [2.05, 4.69) is 20.8 Å². The fraction of sp³-hybridized carbons (Fsp3) is 0.600. The van der Waals surface area contributed by atoms with Gasteiger partial charge in [-0.25, -0.2) is 4.39 Å². The van der Waals surface area contributed by atoms with Gasteiger partial charge in [-0.05, 0) is 63.0 Å². The summed E-state index contributed by atoms with van der Waals surface area (Å²) < 4.78 is 19.4. The van der Waals surface area contributed by atoms with Gasteiger partial charge in [0, 0.05) is 17.5 Å². The van der Waals surface area contributed by atoms with Crippen molar-refractivity contribution in [3.05, 3.63) is 41.6 Å². The van der Waals surface area contributed by atoms with E-state index in [-0.39, 0.29) is 36.3 Å². The van der Waals surface area contributed by atoms with Crippen molar-refractivity contribution in [3.63, 3.8) is 0 Å². The number of alkyl halides is 1. The number of aliphatic hydroxyl groups is 1. The van der Waals surface area contributed by atoms with Crippen LogP contribution in [0.2, 0.25) is 0 Å². The van der Waals surface area contributed by atoms with Crippen molar-refractivity contribution in [2.75, 3.05) is 11.7 Å². The molecule has 2 unspecified atom stereocenters. The lowest BCUT2D eigenvalue weighted by Crippen LogP contribution is -2.63. The molecule has 1 aromatic heterocycles. The van der Waals surface area contributed by atoms with Gasteiger partial charge in [-0.2, -0.15) is 0 Å². The molecule has 4 aliphatic rings. The van der Waals surface area contributed by atoms with Gasteiger partial charge in [0.15, 0.2) is 6.80 Å². The van der Waals surface area contributed by atoms with Crippen LogP contribution < -0.4 is 15.5 Å². The smallest absolute Gasteiger partial charge is 0.241 e. The summed E-state index contributed by atoms with van der Waals surface area (Å²) in [6, 6.07) is 6.96. The average Bonchev–Trinajstić information content (AvgIpc) is 3.54. The van der Waals surface area contributed by atoms with Crippen molar-refractivity contribution in [2.45, 2.75) is 86.9 Å². The summed E-state index contributed by atoms with van der Waals surface area (Å²) in [4.78, 5) is 28.3. The summed E-state index contributed by atoms with van der Waals surface area (Å²) in [5.41, 5.74) is 0.0487. The van der Waals surface area contributed by atoms with E-state index in [1.807, 2.05) is 18.2 Å². The third-order valence-corrected chi connectivity index (χ3v) is 8.73. The zero-order valence-electron chi connectivity index (χ0n) is 19.5. The minimum absolute atomic E-state index is 0.0311. The highest BCUT2D eigenvalue weighted by atomic mass is 19.1. The number of rotatable bonds is 5. The number of aliphatic hydroxyl groups excluding tert-OH is 1. The van der Waals surface area contributed by atoms with Gasteiger partial charge in [0.1, 0.15) is 6.61 Å². The van der Waals surface area contributed by atoms with Crippen molar-refractivity contribution >= 4 is 17.5 Å². The molecule has 2 saturated carbocycles. The van der Waals surface area contributed by atoms with E-state index < -0.39 is 23.8 Å². The molecule has 0 radical (unpaired) electrons. The number of carbonyl (C=O) groups is 2. The van der Waals surface area contributed by atoms with Crippen LogP contribution in [0.5, 0.6) is 0 Å². The Kier molecular flexibility index (Phi) is 5.41. The Bertz CT molecular complexity index is 1140. The predicted octanol–water partition coefficient (Wildman–Crippen LogP) is 2.20. The molecule has 186 valence electrons. The van der Waals surface area contributed by atoms with Crippen molar-refractivity contribution in [1.29, 1.82) is 0 Å². The minimum Gasteiger partial charge on any atom is -0.422 e. The Hall–Kier alpha value is -2.85. The van der Waals surface area contributed by atoms with Gasteiger partial charge < -0.3 is 14.8 Å². The highest BCUT2D eigenvalue weighted by molar-refractivity contribution is 6.10. The molecular weight excluding hydrogens is 453 g/mol. The number of halogens is 1. The third-order valence-electron chi connectivity index (χ3n) is 8.73. The number of anilines is 1. The van der Waals surface area contributed by atoms with Crippen LogP contribution in [0.1, 0.15) is 74.6 Å². The molecule has 3 N–H and O–H groups in total. The Balaban J connectivity index is 1.17. The maximum atomic E-state index is 14.0. The summed E-state index contributed by atoms with van der Waals surface area (Å²) in [6.45, 7) is -1.14. The van der Waals surface area contributed by atoms with Crippen LogP contribution in [0.15, 0.2) is 28.7 Å². The molecule has 6 rings (SSSR count). The molecule has 2 aromatic rings. The number of nitrogens with zero attached hydrogens (tertiary/aromatic N) is 3. The van der Waals surface area contributed by atoms with Crippen molar-refractivity contribution in [1.82, 2.24) is 20.8 Å². The molecule has 0 bridgehead atoms. The second-order valence-electron chi connectivity index (χ2n) is 10.4. The Morgan fingerprint density at radius 3 is 2.66 bits per heavy atom. The van der Waals surface area contributed by atoms with E-state index >= 15 is 0 Å². The zero-order valence-corrected chi connectivity index (χ0v) is 19.5. The summed E-state index contributed by atoms with van der Waals surface area (Å²) >= 11 is 0. The molecule has 9 nitrogen and oxygen atoms in total. The van der Waals surface area contributed by atoms with Gasteiger partial charge in [0.2, 0.25) is 23.6 Å². The molecule has 2 aliphatic heterocycles. The van der Waals surface area contributed by atoms with Crippen LogP contribution in [-0.2, 0) is 21.6 Å². The van der Waals surface area contributed by atoms with Crippen LogP contribution in [0.4, 0.5) is 10.1 Å². The van der Waals surface area contributed by atoms with E-state index in [4.69, 9.17) is 9.52 Å². The molecule has 2 atom stereocenters. The lowest BCUT2D eigenvalue weighted by Gasteiger charge is -2.49. The second kappa shape index (κ2) is 8.37. The number of hydrogen-bond acceptors (Lipinski definition) is 7. The first-order valence-electron chi connectivity index (χ1n) is 12.5. The van der Waals surface area contributed by atoms with Gasteiger partial charge in [-0.1, -0.05) is 18.2 Å². The lowest BCUT2D eigenvalue weighted by atomic mass is 9.57. The topological polar surface area (TPSA) is 121 Å². The Morgan fingerprint density at radius 1 is 1.23 bits per heavy atom. The Morgan fingerprint density at radius 2 is 2.00 bits per heavy atom. The normalized spacial score (nSPS) is 31.1. The molecular formula is C25H30FN5O4. The van der Waals surface area contributed by atoms with Gasteiger partial charge in [0.25, 0.3) is 0 Å². The molecule has 3 heterocycles. The number of hydrogen-bond donors (Lipinski definition) is 3. The van der Waals surface area contributed by atoms with Crippen LogP contribution in [-0.4, -0.2) is 51.5 Å². The summed E-state index contributed by atoms with van der Waals surface area (Å²) in [5, 5.41) is 23.7. The molecule has 1 aromatic carbocycles. The zero-order chi connectivity index (χ0) is 24.2. The first-order chi connectivity index (χ1) is 17.0. The first kappa shape index (κ1) is 22.6. The summed E-state index contributed by atoms with van der Waals surface area (Å²) in [5.74, 6) is 0.560. The van der Waals surface area contributed by atoms with E-state index in [9.17, 15) is 14.0 Å². The summed E-state index contributed by atoms with van der Waals surface area (Å²) in [7, 11) is 0. The lowest BCUT2D eigenvalue weighted by molar-refractivity contribution is -0.127. The van der Waals surface area contributed by atoms with E-state index in [1.54, 1.807) is 6.07 Å². The largest absolute Gasteiger partial charge is 0.422 e. The van der Waals surface area contributed by atoms with Crippen molar-refractivity contribution in [3.8, 4) is 0 Å².